The van der Waals surface area contributed by atoms with Crippen molar-refractivity contribution in [3.05, 3.63) is 28.0 Å². The minimum atomic E-state index is 0.0139. The summed E-state index contributed by atoms with van der Waals surface area (Å²) in [6, 6.07) is 3.67. The van der Waals surface area contributed by atoms with Crippen LogP contribution in [0.25, 0.3) is 0 Å². The van der Waals surface area contributed by atoms with E-state index >= 15 is 0 Å². The normalized spacial score (nSPS) is 26.2. The summed E-state index contributed by atoms with van der Waals surface area (Å²) in [5.41, 5.74) is 1.15. The minimum absolute atomic E-state index is 0.0139. The van der Waals surface area contributed by atoms with Gasteiger partial charge in [0.2, 0.25) is 5.91 Å². The molecular formula is C13H16N2O2. The molecule has 3 heterocycles. The molecule has 1 amide bonds. The second-order valence-corrected chi connectivity index (χ2v) is 4.99. The highest BCUT2D eigenvalue weighted by Gasteiger charge is 2.38. The lowest BCUT2D eigenvalue weighted by Crippen LogP contribution is -2.35. The molecule has 0 spiro atoms. The predicted octanol–water partition coefficient (Wildman–Crippen LogP) is 1.65. The summed E-state index contributed by atoms with van der Waals surface area (Å²) in [6.45, 7) is 4.77. The van der Waals surface area contributed by atoms with Crippen LogP contribution >= 0.6 is 0 Å². The lowest BCUT2D eigenvalue weighted by Gasteiger charge is -2.28. The van der Waals surface area contributed by atoms with Gasteiger partial charge >= 0.3 is 0 Å². The number of hydrogen-bond acceptors (Lipinski definition) is 2. The van der Waals surface area contributed by atoms with E-state index in [1.165, 1.54) is 0 Å². The van der Waals surface area contributed by atoms with E-state index in [0.29, 0.717) is 13.0 Å². The largest absolute Gasteiger partial charge is 0.296 e. The van der Waals surface area contributed by atoms with E-state index in [2.05, 4.69) is 13.8 Å². The van der Waals surface area contributed by atoms with Crippen molar-refractivity contribution in [2.45, 2.75) is 38.6 Å². The van der Waals surface area contributed by atoms with E-state index in [4.69, 9.17) is 0 Å². The van der Waals surface area contributed by atoms with Crippen molar-refractivity contribution in [1.82, 2.24) is 4.57 Å². The topological polar surface area (TPSA) is 42.3 Å². The molecule has 2 unspecified atom stereocenters. The van der Waals surface area contributed by atoms with Gasteiger partial charge in [-0.15, -0.1) is 0 Å². The molecule has 0 N–H and O–H groups in total. The van der Waals surface area contributed by atoms with Gasteiger partial charge in [-0.2, -0.15) is 0 Å². The van der Waals surface area contributed by atoms with Crippen molar-refractivity contribution in [3.63, 3.8) is 0 Å². The van der Waals surface area contributed by atoms with E-state index in [1.54, 1.807) is 11.0 Å². The summed E-state index contributed by atoms with van der Waals surface area (Å²) < 4.78 is 1.81. The third kappa shape index (κ3) is 1.30. The Morgan fingerprint density at radius 1 is 1.35 bits per heavy atom. The SMILES string of the molecule is CCC1CN2C(=O)CC(C)c3ccc(=O)n1c32. The molecule has 4 nitrogen and oxygen atoms in total. The summed E-state index contributed by atoms with van der Waals surface area (Å²) in [4.78, 5) is 25.8. The standard InChI is InChI=1S/C13H16N2O2/c1-3-9-7-14-12(17)6-8(2)10-4-5-11(16)15(9)13(10)14/h4-5,8-9H,3,6-7H2,1-2H3. The van der Waals surface area contributed by atoms with Gasteiger partial charge in [0.15, 0.2) is 0 Å². The minimum Gasteiger partial charge on any atom is -0.296 e. The Bertz CT molecular complexity index is 547. The molecule has 1 aromatic heterocycles. The Balaban J connectivity index is 2.29. The fourth-order valence-electron chi connectivity index (χ4n) is 2.98. The predicted molar refractivity (Wildman–Crippen MR) is 65.4 cm³/mol. The zero-order valence-electron chi connectivity index (χ0n) is 10.1. The molecule has 0 fully saturated rings. The van der Waals surface area contributed by atoms with Crippen LogP contribution < -0.4 is 10.5 Å². The Labute approximate surface area is 99.9 Å². The van der Waals surface area contributed by atoms with E-state index in [9.17, 15) is 9.59 Å². The van der Waals surface area contributed by atoms with Crippen LogP contribution in [0.4, 0.5) is 5.82 Å². The third-order valence-corrected chi connectivity index (χ3v) is 3.93. The summed E-state index contributed by atoms with van der Waals surface area (Å²) in [5.74, 6) is 1.23. The molecule has 1 aromatic rings. The maximum atomic E-state index is 12.0. The molecular weight excluding hydrogens is 216 g/mol. The van der Waals surface area contributed by atoms with Crippen LogP contribution in [-0.2, 0) is 4.79 Å². The lowest BCUT2D eigenvalue weighted by atomic mass is 9.94. The van der Waals surface area contributed by atoms with Gasteiger partial charge in [-0.05, 0) is 24.0 Å². The van der Waals surface area contributed by atoms with E-state index < -0.39 is 0 Å². The first-order valence-electron chi connectivity index (χ1n) is 6.19. The number of amides is 1. The summed E-state index contributed by atoms with van der Waals surface area (Å²) in [7, 11) is 0. The number of rotatable bonds is 1. The fraction of sp³-hybridized carbons (Fsp3) is 0.538. The smallest absolute Gasteiger partial charge is 0.252 e. The second-order valence-electron chi connectivity index (χ2n) is 4.99. The van der Waals surface area contributed by atoms with E-state index in [-0.39, 0.29) is 23.4 Å². The molecule has 4 heteroatoms. The van der Waals surface area contributed by atoms with E-state index in [0.717, 1.165) is 17.8 Å². The number of nitrogens with zero attached hydrogens (tertiary/aromatic N) is 2. The molecule has 2 atom stereocenters. The Hall–Kier alpha value is -1.58. The number of carbonyl (C=O) groups is 1. The van der Waals surface area contributed by atoms with Crippen LogP contribution in [0.5, 0.6) is 0 Å². The van der Waals surface area contributed by atoms with Gasteiger partial charge in [-0.25, -0.2) is 0 Å². The van der Waals surface area contributed by atoms with Gasteiger partial charge in [0.1, 0.15) is 5.82 Å². The molecule has 2 aliphatic rings. The van der Waals surface area contributed by atoms with Crippen molar-refractivity contribution in [3.8, 4) is 0 Å². The van der Waals surface area contributed by atoms with Crippen LogP contribution in [-0.4, -0.2) is 17.0 Å². The van der Waals surface area contributed by atoms with Crippen LogP contribution in [0, 0.1) is 0 Å². The summed E-state index contributed by atoms with van der Waals surface area (Å²) in [6.07, 6.45) is 1.44. The van der Waals surface area contributed by atoms with Crippen LogP contribution in [0.3, 0.4) is 0 Å². The molecule has 0 bridgehead atoms. The maximum absolute atomic E-state index is 12.0. The zero-order valence-corrected chi connectivity index (χ0v) is 10.1. The Morgan fingerprint density at radius 2 is 2.12 bits per heavy atom. The molecule has 90 valence electrons. The van der Waals surface area contributed by atoms with Crippen molar-refractivity contribution in [2.75, 3.05) is 11.4 Å². The molecule has 17 heavy (non-hydrogen) atoms. The van der Waals surface area contributed by atoms with Gasteiger partial charge in [0.05, 0.1) is 6.04 Å². The number of pyridine rings is 1. The number of aromatic nitrogens is 1. The molecule has 0 aliphatic carbocycles. The zero-order chi connectivity index (χ0) is 12.2. The molecule has 0 saturated carbocycles. The van der Waals surface area contributed by atoms with Crippen molar-refractivity contribution >= 4 is 11.7 Å². The maximum Gasteiger partial charge on any atom is 0.252 e. The molecule has 3 rings (SSSR count). The van der Waals surface area contributed by atoms with Crippen molar-refractivity contribution in [1.29, 1.82) is 0 Å². The monoisotopic (exact) mass is 232 g/mol. The second kappa shape index (κ2) is 3.45. The average molecular weight is 232 g/mol. The molecule has 0 radical (unpaired) electrons. The first-order chi connectivity index (χ1) is 8.13. The van der Waals surface area contributed by atoms with Gasteiger partial charge in [0.25, 0.3) is 5.56 Å². The quantitative estimate of drug-likeness (QED) is 0.739. The van der Waals surface area contributed by atoms with Gasteiger partial charge in [-0.3, -0.25) is 19.1 Å². The first kappa shape index (κ1) is 10.6. The first-order valence-corrected chi connectivity index (χ1v) is 6.19. The van der Waals surface area contributed by atoms with Crippen LogP contribution in [0.15, 0.2) is 16.9 Å². The Kier molecular flexibility index (Phi) is 2.15. The van der Waals surface area contributed by atoms with Crippen LogP contribution in [0.1, 0.15) is 44.2 Å². The summed E-state index contributed by atoms with van der Waals surface area (Å²) in [5, 5.41) is 0. The number of hydrogen-bond donors (Lipinski definition) is 0. The number of carbonyl (C=O) groups excluding carboxylic acids is 1. The average Bonchev–Trinajstić information content (AvgIpc) is 2.69. The fourth-order valence-corrected chi connectivity index (χ4v) is 2.98. The van der Waals surface area contributed by atoms with Gasteiger partial charge < -0.3 is 0 Å². The highest BCUT2D eigenvalue weighted by atomic mass is 16.2. The summed E-state index contributed by atoms with van der Waals surface area (Å²) >= 11 is 0. The van der Waals surface area contributed by atoms with Gasteiger partial charge in [0, 0.05) is 19.0 Å². The molecule has 0 aromatic carbocycles. The van der Waals surface area contributed by atoms with Crippen LogP contribution in [0.2, 0.25) is 0 Å². The molecule has 0 saturated heterocycles. The van der Waals surface area contributed by atoms with Crippen molar-refractivity contribution < 1.29 is 4.79 Å². The highest BCUT2D eigenvalue weighted by Crippen LogP contribution is 2.40. The number of anilines is 1. The van der Waals surface area contributed by atoms with Crippen molar-refractivity contribution in [2.24, 2.45) is 0 Å². The highest BCUT2D eigenvalue weighted by molar-refractivity contribution is 5.97. The lowest BCUT2D eigenvalue weighted by molar-refractivity contribution is -0.119. The third-order valence-electron chi connectivity index (χ3n) is 3.93. The van der Waals surface area contributed by atoms with E-state index in [1.807, 2.05) is 10.6 Å². The van der Waals surface area contributed by atoms with Gasteiger partial charge in [-0.1, -0.05) is 13.8 Å². The Morgan fingerprint density at radius 3 is 2.82 bits per heavy atom. The molecule has 2 aliphatic heterocycles.